The molecule has 2 aromatic carbocycles. The third kappa shape index (κ3) is 2.79. The van der Waals surface area contributed by atoms with Gasteiger partial charge in [0.15, 0.2) is 5.79 Å². The first kappa shape index (κ1) is 16.7. The van der Waals surface area contributed by atoms with E-state index in [1.807, 2.05) is 81.4 Å². The molecule has 0 N–H and O–H groups in total. The molecule has 0 radical (unpaired) electrons. The van der Waals surface area contributed by atoms with Gasteiger partial charge in [-0.05, 0) is 20.8 Å². The predicted octanol–water partition coefficient (Wildman–Crippen LogP) is 4.16. The number of fused-ring (bicyclic) bond motifs is 1. The molecule has 0 bridgehead atoms. The number of ether oxygens (including phenoxy) is 2. The molecule has 0 aliphatic carbocycles. The second kappa shape index (κ2) is 5.92. The summed E-state index contributed by atoms with van der Waals surface area (Å²) in [7, 11) is 0. The van der Waals surface area contributed by atoms with Crippen LogP contribution in [0.1, 0.15) is 37.9 Å². The van der Waals surface area contributed by atoms with E-state index < -0.39 is 5.79 Å². The van der Waals surface area contributed by atoms with Crippen LogP contribution in [0.5, 0.6) is 0 Å². The molecular formula is C21H25NO3. The highest BCUT2D eigenvalue weighted by Crippen LogP contribution is 2.51. The zero-order valence-corrected chi connectivity index (χ0v) is 15.0. The third-order valence-electron chi connectivity index (χ3n) is 5.52. The maximum absolute atomic E-state index is 14.1. The second-order valence-electron chi connectivity index (χ2n) is 7.66. The summed E-state index contributed by atoms with van der Waals surface area (Å²) >= 11 is 0. The van der Waals surface area contributed by atoms with Crippen LogP contribution in [-0.2, 0) is 16.0 Å². The SMILES string of the molecule is C[C@@H]1[C@H]2OC(C)(C)O[C@H]2[C@@H](c2ccccc2)[N@+]1([O-])Cc1ccccc1. The average molecular weight is 339 g/mol. The number of rotatable bonds is 3. The molecule has 0 spiro atoms. The molecule has 2 fully saturated rings. The molecule has 2 saturated heterocycles. The van der Waals surface area contributed by atoms with Crippen molar-refractivity contribution >= 4 is 0 Å². The molecule has 2 heterocycles. The number of hydrogen-bond donors (Lipinski definition) is 0. The molecule has 4 heteroatoms. The number of nitrogens with zero attached hydrogens (tertiary/aromatic N) is 1. The molecule has 4 rings (SSSR count). The molecule has 5 atom stereocenters. The molecule has 0 aromatic heterocycles. The molecule has 0 saturated carbocycles. The van der Waals surface area contributed by atoms with Crippen molar-refractivity contribution in [2.75, 3.05) is 0 Å². The van der Waals surface area contributed by atoms with Gasteiger partial charge in [-0.15, -0.1) is 0 Å². The van der Waals surface area contributed by atoms with Gasteiger partial charge < -0.3 is 19.3 Å². The minimum atomic E-state index is -0.644. The Bertz CT molecular complexity index is 733. The van der Waals surface area contributed by atoms with Gasteiger partial charge in [-0.2, -0.15) is 0 Å². The highest BCUT2D eigenvalue weighted by atomic mass is 16.8. The second-order valence-corrected chi connectivity index (χ2v) is 7.66. The Morgan fingerprint density at radius 2 is 1.48 bits per heavy atom. The number of hydrogen-bond acceptors (Lipinski definition) is 3. The van der Waals surface area contributed by atoms with Crippen molar-refractivity contribution in [1.82, 2.24) is 0 Å². The van der Waals surface area contributed by atoms with Crippen molar-refractivity contribution in [3.63, 3.8) is 0 Å². The van der Waals surface area contributed by atoms with Crippen LogP contribution in [0.2, 0.25) is 0 Å². The van der Waals surface area contributed by atoms with Gasteiger partial charge in [-0.3, -0.25) is 0 Å². The van der Waals surface area contributed by atoms with Crippen molar-refractivity contribution in [2.24, 2.45) is 0 Å². The van der Waals surface area contributed by atoms with Crippen LogP contribution >= 0.6 is 0 Å². The minimum Gasteiger partial charge on any atom is -0.632 e. The predicted molar refractivity (Wildman–Crippen MR) is 96.2 cm³/mol. The number of quaternary nitrogens is 1. The molecule has 132 valence electrons. The standard InChI is InChI=1S/C21H25NO3/c1-15-19-20(25-21(2,3)24-19)18(17-12-8-5-9-13-17)22(15,23)14-16-10-6-4-7-11-16/h4-13,15,18-20H,14H2,1-3H3/t15-,18-,19-,20+,22+/m1/s1. The van der Waals surface area contributed by atoms with Gasteiger partial charge in [0.05, 0.1) is 0 Å². The monoisotopic (exact) mass is 339 g/mol. The zero-order valence-electron chi connectivity index (χ0n) is 15.0. The van der Waals surface area contributed by atoms with Crippen LogP contribution in [0.3, 0.4) is 0 Å². The van der Waals surface area contributed by atoms with Gasteiger partial charge >= 0.3 is 0 Å². The van der Waals surface area contributed by atoms with Crippen LogP contribution < -0.4 is 0 Å². The van der Waals surface area contributed by atoms with Crippen LogP contribution in [0.15, 0.2) is 60.7 Å². The van der Waals surface area contributed by atoms with E-state index in [0.717, 1.165) is 11.1 Å². The first-order valence-corrected chi connectivity index (χ1v) is 8.94. The summed E-state index contributed by atoms with van der Waals surface area (Å²) in [6.45, 7) is 6.27. The fourth-order valence-electron chi connectivity index (χ4n) is 4.39. The van der Waals surface area contributed by atoms with Crippen molar-refractivity contribution in [3.8, 4) is 0 Å². The van der Waals surface area contributed by atoms with E-state index in [1.54, 1.807) is 0 Å². The van der Waals surface area contributed by atoms with Crippen LogP contribution in [0.4, 0.5) is 0 Å². The van der Waals surface area contributed by atoms with E-state index in [4.69, 9.17) is 9.47 Å². The molecule has 0 unspecified atom stereocenters. The molecule has 2 aliphatic rings. The Kier molecular flexibility index (Phi) is 3.96. The summed E-state index contributed by atoms with van der Waals surface area (Å²) in [5.41, 5.74) is 2.07. The average Bonchev–Trinajstić information content (AvgIpc) is 2.99. The van der Waals surface area contributed by atoms with E-state index >= 15 is 0 Å². The smallest absolute Gasteiger partial charge is 0.164 e. The quantitative estimate of drug-likeness (QED) is 0.623. The van der Waals surface area contributed by atoms with E-state index in [2.05, 4.69) is 0 Å². The summed E-state index contributed by atoms with van der Waals surface area (Å²) in [6, 6.07) is 19.5. The van der Waals surface area contributed by atoms with Crippen LogP contribution in [0, 0.1) is 5.21 Å². The molecule has 2 aliphatic heterocycles. The van der Waals surface area contributed by atoms with Gasteiger partial charge in [0.25, 0.3) is 0 Å². The van der Waals surface area contributed by atoms with E-state index in [-0.39, 0.29) is 28.9 Å². The lowest BCUT2D eigenvalue weighted by atomic mass is 10.0. The maximum atomic E-state index is 14.1. The Morgan fingerprint density at radius 3 is 2.12 bits per heavy atom. The van der Waals surface area contributed by atoms with E-state index in [1.165, 1.54) is 0 Å². The van der Waals surface area contributed by atoms with Gasteiger partial charge in [0.2, 0.25) is 0 Å². The number of benzene rings is 2. The van der Waals surface area contributed by atoms with E-state index in [9.17, 15) is 5.21 Å². The summed E-state index contributed by atoms with van der Waals surface area (Å²) in [5, 5.41) is 14.1. The number of likely N-dealkylation sites (tertiary alicyclic amines) is 1. The van der Waals surface area contributed by atoms with Crippen molar-refractivity contribution in [3.05, 3.63) is 77.0 Å². The largest absolute Gasteiger partial charge is 0.632 e. The lowest BCUT2D eigenvalue weighted by Crippen LogP contribution is -2.50. The summed E-state index contributed by atoms with van der Waals surface area (Å²) in [4.78, 5) is 0. The third-order valence-corrected chi connectivity index (χ3v) is 5.52. The fraction of sp³-hybridized carbons (Fsp3) is 0.429. The first-order chi connectivity index (χ1) is 11.9. The molecule has 4 nitrogen and oxygen atoms in total. The maximum Gasteiger partial charge on any atom is 0.164 e. The van der Waals surface area contributed by atoms with Gasteiger partial charge in [-0.1, -0.05) is 60.7 Å². The topological polar surface area (TPSA) is 41.5 Å². The van der Waals surface area contributed by atoms with Crippen molar-refractivity contribution < 1.29 is 14.1 Å². The molecule has 0 amide bonds. The van der Waals surface area contributed by atoms with Gasteiger partial charge in [0, 0.05) is 11.1 Å². The Labute approximate surface area is 149 Å². The van der Waals surface area contributed by atoms with Gasteiger partial charge in [-0.25, -0.2) is 0 Å². The molecular weight excluding hydrogens is 314 g/mol. The van der Waals surface area contributed by atoms with Gasteiger partial charge in [0.1, 0.15) is 30.8 Å². The highest BCUT2D eigenvalue weighted by molar-refractivity contribution is 5.23. The normalized spacial score (nSPS) is 36.3. The van der Waals surface area contributed by atoms with Crippen LogP contribution in [0.25, 0.3) is 0 Å². The summed E-state index contributed by atoms with van der Waals surface area (Å²) in [6.07, 6.45) is -0.421. The fourth-order valence-corrected chi connectivity index (χ4v) is 4.39. The van der Waals surface area contributed by atoms with Crippen molar-refractivity contribution in [1.29, 1.82) is 0 Å². The van der Waals surface area contributed by atoms with Crippen molar-refractivity contribution in [2.45, 2.75) is 57.4 Å². The van der Waals surface area contributed by atoms with E-state index in [0.29, 0.717) is 6.54 Å². The minimum absolute atomic E-state index is 0.193. The Morgan fingerprint density at radius 1 is 0.920 bits per heavy atom. The summed E-state index contributed by atoms with van der Waals surface area (Å²) < 4.78 is 12.0. The lowest BCUT2D eigenvalue weighted by Gasteiger charge is -2.49. The molecule has 2 aromatic rings. The highest BCUT2D eigenvalue weighted by Gasteiger charge is 2.62. The number of hydroxylamine groups is 3. The Balaban J connectivity index is 1.76. The van der Waals surface area contributed by atoms with Crippen LogP contribution in [-0.4, -0.2) is 28.7 Å². The first-order valence-electron chi connectivity index (χ1n) is 8.94. The zero-order chi connectivity index (χ0) is 17.7. The lowest BCUT2D eigenvalue weighted by molar-refractivity contribution is -0.936. The summed E-state index contributed by atoms with van der Waals surface area (Å²) in [5.74, 6) is -0.644. The Hall–Kier alpha value is -1.72. The molecule has 25 heavy (non-hydrogen) atoms.